The first-order valence-corrected chi connectivity index (χ1v) is 41.5. The Balaban J connectivity index is 0.000000165. The number of ether oxygens (including phenoxy) is 7. The number of nitrogens with zero attached hydrogens (tertiary/aromatic N) is 9. The van der Waals surface area contributed by atoms with Crippen molar-refractivity contribution in [3.63, 3.8) is 0 Å². The Bertz CT molecular complexity index is 5260. The van der Waals surface area contributed by atoms with Crippen LogP contribution in [0.2, 0.25) is 0 Å². The SMILES string of the molecule is CC(C)(C)OC(=O)N1CCC[C@H]1c1nc2ccc(-c3cc4ccc(-c5cnc(C6CCCC6)[nH]5)cc4cn3)cc2[nH]1.COC(=O)C[C@H](C(=O)O)C1CCOCC1.COC(=O)N[C@H](C(=O)N1CCC[C@H]1c1ncc(-c2ccc3cc(-c4ccc5nc([C@@H]6CCCN6C(=O)[C@@H](NC(=O)OC)C6CCOCC6)[nH]c5c4)ncc3c2)[nH]1)C1CCOCC1. The van der Waals surface area contributed by atoms with Crippen LogP contribution >= 0.6 is 0 Å². The summed E-state index contributed by atoms with van der Waals surface area (Å²) in [6.07, 6.45) is 20.2. The zero-order valence-corrected chi connectivity index (χ0v) is 67.7. The fraction of sp³-hybridized carbons (Fsp3) is 0.489. The molecule has 622 valence electrons. The molecule has 0 spiro atoms. The number of amides is 5. The summed E-state index contributed by atoms with van der Waals surface area (Å²) in [5.74, 6) is 1.59. The van der Waals surface area contributed by atoms with Crippen molar-refractivity contribution in [3.8, 4) is 45.0 Å². The third-order valence-corrected chi connectivity index (χ3v) is 24.2. The molecule has 6 aromatic heterocycles. The second-order valence-electron chi connectivity index (χ2n) is 32.8. The average Bonchev–Trinajstić information content (AvgIpc) is 1.55. The van der Waals surface area contributed by atoms with E-state index in [1.165, 1.54) is 47.0 Å². The van der Waals surface area contributed by atoms with Crippen LogP contribution < -0.4 is 10.6 Å². The number of aromatic nitrogens is 10. The van der Waals surface area contributed by atoms with Crippen molar-refractivity contribution in [3.05, 3.63) is 133 Å². The molecule has 0 unspecified atom stereocenters. The fourth-order valence-corrected chi connectivity index (χ4v) is 17.8. The van der Waals surface area contributed by atoms with Gasteiger partial charge in [-0.15, -0.1) is 0 Å². The maximum atomic E-state index is 14.1. The number of nitrogens with one attached hydrogen (secondary N) is 6. The van der Waals surface area contributed by atoms with Crippen molar-refractivity contribution in [2.24, 2.45) is 23.7 Å². The van der Waals surface area contributed by atoms with Crippen LogP contribution in [-0.4, -0.2) is 210 Å². The largest absolute Gasteiger partial charge is 0.481 e. The fourth-order valence-electron chi connectivity index (χ4n) is 17.8. The number of alkyl carbamates (subject to hydrolysis) is 2. The van der Waals surface area contributed by atoms with Gasteiger partial charge in [-0.25, -0.2) is 34.3 Å². The van der Waals surface area contributed by atoms with Gasteiger partial charge in [0.2, 0.25) is 11.8 Å². The molecular weight excluding hydrogens is 1510 g/mol. The number of hydrogen-bond donors (Lipinski definition) is 7. The minimum atomic E-state index is -0.924. The molecule has 10 aromatic rings. The van der Waals surface area contributed by atoms with Crippen LogP contribution in [0.15, 0.2) is 110 Å². The normalized spacial score (nSPS) is 19.8. The molecule has 0 radical (unpaired) electrons. The molecule has 6 saturated heterocycles. The van der Waals surface area contributed by atoms with Gasteiger partial charge in [-0.05, 0) is 188 Å². The minimum absolute atomic E-state index is 0.0235. The zero-order valence-electron chi connectivity index (χ0n) is 67.7. The molecule has 1 saturated carbocycles. The van der Waals surface area contributed by atoms with E-state index in [1.54, 1.807) is 11.1 Å². The maximum absolute atomic E-state index is 14.1. The molecule has 6 aliphatic heterocycles. The molecule has 118 heavy (non-hydrogen) atoms. The minimum Gasteiger partial charge on any atom is -0.481 e. The van der Waals surface area contributed by atoms with E-state index >= 15 is 0 Å². The van der Waals surface area contributed by atoms with Crippen molar-refractivity contribution in [2.75, 3.05) is 80.6 Å². The molecule has 7 fully saturated rings. The number of carbonyl (C=O) groups is 7. The summed E-state index contributed by atoms with van der Waals surface area (Å²) in [4.78, 5) is 136. The van der Waals surface area contributed by atoms with Gasteiger partial charge >= 0.3 is 30.2 Å². The highest BCUT2D eigenvalue weighted by Crippen LogP contribution is 2.41. The lowest BCUT2D eigenvalue weighted by Gasteiger charge is -2.34. The highest BCUT2D eigenvalue weighted by atomic mass is 16.6. The number of rotatable bonds is 18. The van der Waals surface area contributed by atoms with Gasteiger partial charge < -0.3 is 78.6 Å². The van der Waals surface area contributed by atoms with Crippen LogP contribution in [0.4, 0.5) is 14.4 Å². The lowest BCUT2D eigenvalue weighted by Crippen LogP contribution is -2.53. The van der Waals surface area contributed by atoms with Crippen molar-refractivity contribution >= 4 is 85.6 Å². The highest BCUT2D eigenvalue weighted by molar-refractivity contribution is 5.93. The Kier molecular flexibility index (Phi) is 25.4. The van der Waals surface area contributed by atoms with Gasteiger partial charge in [-0.1, -0.05) is 49.2 Å². The zero-order chi connectivity index (χ0) is 82.1. The number of aromatic amines is 4. The number of aliphatic carboxylic acids is 1. The number of benzene rings is 4. The Morgan fingerprint density at radius 3 is 1.36 bits per heavy atom. The number of H-pyrrole nitrogens is 4. The number of carboxylic acid groups (broad SMARTS) is 1. The summed E-state index contributed by atoms with van der Waals surface area (Å²) < 4.78 is 36.1. The lowest BCUT2D eigenvalue weighted by molar-refractivity contribution is -0.153. The van der Waals surface area contributed by atoms with Crippen LogP contribution in [0.3, 0.4) is 0 Å². The third-order valence-electron chi connectivity index (χ3n) is 24.2. The van der Waals surface area contributed by atoms with Crippen LogP contribution in [0, 0.1) is 23.7 Å². The number of fused-ring (bicyclic) bond motifs is 4. The van der Waals surface area contributed by atoms with Crippen LogP contribution in [0.1, 0.15) is 177 Å². The third kappa shape index (κ3) is 18.8. The van der Waals surface area contributed by atoms with E-state index in [0.717, 1.165) is 145 Å². The molecule has 7 aliphatic rings. The molecule has 1 aliphatic carbocycles. The number of esters is 1. The van der Waals surface area contributed by atoms with Crippen molar-refractivity contribution in [2.45, 2.75) is 172 Å². The predicted molar refractivity (Wildman–Crippen MR) is 439 cm³/mol. The topological polar surface area (TPSA) is 379 Å². The number of methoxy groups -OCH3 is 3. The highest BCUT2D eigenvalue weighted by Gasteiger charge is 2.43. The summed E-state index contributed by atoms with van der Waals surface area (Å²) >= 11 is 0. The summed E-state index contributed by atoms with van der Waals surface area (Å²) in [7, 11) is 3.88. The van der Waals surface area contributed by atoms with E-state index in [4.69, 9.17) is 58.4 Å². The number of hydrogen-bond acceptors (Lipinski definition) is 20. The number of carbonyl (C=O) groups excluding carboxylic acids is 6. The Morgan fingerprint density at radius 2 is 0.898 bits per heavy atom. The van der Waals surface area contributed by atoms with Crippen molar-refractivity contribution < 1.29 is 71.8 Å². The quantitative estimate of drug-likeness (QED) is 0.0310. The Morgan fingerprint density at radius 1 is 0.466 bits per heavy atom. The monoisotopic (exact) mass is 1610 g/mol. The second-order valence-corrected chi connectivity index (χ2v) is 32.8. The summed E-state index contributed by atoms with van der Waals surface area (Å²) in [6, 6.07) is 27.1. The maximum Gasteiger partial charge on any atom is 0.410 e. The van der Waals surface area contributed by atoms with Gasteiger partial charge in [0.05, 0.1) is 109 Å². The Hall–Kier alpha value is -11.4. The van der Waals surface area contributed by atoms with Gasteiger partial charge in [0, 0.05) is 111 Å². The number of imidazole rings is 4. The molecule has 12 heterocycles. The molecule has 5 amide bonds. The molecule has 6 atom stereocenters. The first-order chi connectivity index (χ1) is 57.2. The van der Waals surface area contributed by atoms with E-state index in [2.05, 4.69) is 101 Å². The number of carboxylic acids is 1. The van der Waals surface area contributed by atoms with E-state index < -0.39 is 47.7 Å². The average molecular weight is 1610 g/mol. The Labute approximate surface area is 683 Å². The summed E-state index contributed by atoms with van der Waals surface area (Å²) in [5, 5.41) is 18.9. The van der Waals surface area contributed by atoms with Gasteiger partial charge in [0.1, 0.15) is 41.0 Å². The van der Waals surface area contributed by atoms with Gasteiger partial charge in [-0.2, -0.15) is 0 Å². The van der Waals surface area contributed by atoms with Crippen LogP contribution in [0.25, 0.3) is 88.6 Å². The molecular formula is C88H105N15O15. The smallest absolute Gasteiger partial charge is 0.410 e. The van der Waals surface area contributed by atoms with Crippen LogP contribution in [0.5, 0.6) is 0 Å². The lowest BCUT2D eigenvalue weighted by atomic mass is 9.84. The van der Waals surface area contributed by atoms with Crippen molar-refractivity contribution in [1.29, 1.82) is 0 Å². The van der Waals surface area contributed by atoms with E-state index in [9.17, 15) is 33.6 Å². The standard InChI is InChI=1S/C45H53N9O8.C33H36N6O2.C10H16O5/c1-59-44(57)51-38(26-11-17-61-18-12-26)42(55)53-15-3-5-36(53)40-47-25-35(50-40)29-8-7-28-22-33(46-24-31(28)21-29)30-9-10-32-34(23-30)49-41(48-32)37-6-4-16-54(37)43(56)39(52-45(58)60-2)27-13-19-62-20-14-27;1-33(2,3)41-32(40)39-14-6-9-29(39)31-36-25-13-12-23(17-27(25)37-31)26-16-21-10-11-22(15-24(21)18-34-26)28-19-35-30(38-28)20-7-4-5-8-20;1-14-9(11)6-8(10(12)13)7-2-4-15-5-3-7/h7-10,21-27,36-39H,3-6,11-20H2,1-2H3,(H,47,50)(H,48,49)(H,51,57)(H,52,58);10-13,15-20,29H,4-9,14H2,1-3H3,(H,35,38)(H,36,37);7-8H,2-6H2,1H3,(H,12,13)/t36-,37-,38-,39-;29-;8-/m000/s1. The molecule has 30 nitrogen and oxygen atoms in total. The first-order valence-electron chi connectivity index (χ1n) is 41.5. The molecule has 0 bridgehead atoms. The first kappa shape index (κ1) is 81.8. The molecule has 30 heteroatoms. The van der Waals surface area contributed by atoms with Crippen molar-refractivity contribution in [1.82, 2.24) is 75.2 Å². The number of pyridine rings is 2. The molecule has 17 rings (SSSR count). The summed E-state index contributed by atoms with van der Waals surface area (Å²) in [6.45, 7) is 10.9. The van der Waals surface area contributed by atoms with Gasteiger partial charge in [-0.3, -0.25) is 34.0 Å². The molecule has 7 N–H and O–H groups in total. The summed E-state index contributed by atoms with van der Waals surface area (Å²) in [5.41, 5.74) is 10.5. The van der Waals surface area contributed by atoms with Gasteiger partial charge in [0.15, 0.2) is 0 Å². The van der Waals surface area contributed by atoms with E-state index in [-0.39, 0.29) is 60.2 Å². The van der Waals surface area contributed by atoms with Gasteiger partial charge in [0.25, 0.3) is 0 Å². The number of likely N-dealkylation sites (tertiary alicyclic amines) is 3. The molecule has 4 aromatic carbocycles. The van der Waals surface area contributed by atoms with Crippen LogP contribution in [-0.2, 0) is 52.3 Å². The van der Waals surface area contributed by atoms with E-state index in [0.29, 0.717) is 110 Å². The van der Waals surface area contributed by atoms with E-state index in [1.807, 2.05) is 73.4 Å². The predicted octanol–water partition coefficient (Wildman–Crippen LogP) is 14.4. The second kappa shape index (κ2) is 36.6.